The topological polar surface area (TPSA) is 29.9 Å². The van der Waals surface area contributed by atoms with Crippen LogP contribution >= 0.6 is 23.4 Å². The minimum atomic E-state index is 0.639. The second-order valence-electron chi connectivity index (χ2n) is 5.47. The molecule has 1 aromatic rings. The normalized spacial score (nSPS) is 23.2. The second kappa shape index (κ2) is 7.71. The fourth-order valence-corrected chi connectivity index (χ4v) is 4.01. The molecule has 0 amide bonds. The first-order valence-corrected chi connectivity index (χ1v) is 9.36. The Balaban J connectivity index is 1.92. The van der Waals surface area contributed by atoms with Crippen molar-refractivity contribution in [1.82, 2.24) is 15.1 Å². The van der Waals surface area contributed by atoms with Gasteiger partial charge in [0.2, 0.25) is 0 Å². The molecule has 1 N–H and O–H groups in total. The Kier molecular flexibility index (Phi) is 6.24. The van der Waals surface area contributed by atoms with Crippen LogP contribution in [0.1, 0.15) is 50.9 Å². The summed E-state index contributed by atoms with van der Waals surface area (Å²) in [6, 6.07) is 0.639. The van der Waals surface area contributed by atoms with E-state index >= 15 is 0 Å². The summed E-state index contributed by atoms with van der Waals surface area (Å²) in [5, 5.41) is 9.98. The summed E-state index contributed by atoms with van der Waals surface area (Å²) in [5.41, 5.74) is 2.18. The van der Waals surface area contributed by atoms with Gasteiger partial charge in [-0.3, -0.25) is 4.68 Å². The van der Waals surface area contributed by atoms with Crippen LogP contribution in [-0.2, 0) is 19.5 Å². The fraction of sp³-hybridized carbons (Fsp3) is 0.800. The van der Waals surface area contributed by atoms with Crippen molar-refractivity contribution in [3.63, 3.8) is 0 Å². The van der Waals surface area contributed by atoms with Gasteiger partial charge in [-0.25, -0.2) is 0 Å². The standard InChI is InChI=1S/C15H26ClN3S/c1-4-13-15(16)14(19(5-2)18-13)10-17-11-6-8-12(20-3)9-7-11/h11-12,17H,4-10H2,1-3H3. The van der Waals surface area contributed by atoms with E-state index in [0.29, 0.717) is 6.04 Å². The van der Waals surface area contributed by atoms with Gasteiger partial charge >= 0.3 is 0 Å². The predicted molar refractivity (Wildman–Crippen MR) is 88.7 cm³/mol. The highest BCUT2D eigenvalue weighted by Gasteiger charge is 2.21. The molecule has 0 radical (unpaired) electrons. The monoisotopic (exact) mass is 315 g/mol. The minimum Gasteiger partial charge on any atom is -0.308 e. The van der Waals surface area contributed by atoms with Gasteiger partial charge in [-0.15, -0.1) is 0 Å². The summed E-state index contributed by atoms with van der Waals surface area (Å²) in [6.07, 6.45) is 8.36. The molecule has 0 bridgehead atoms. The third-order valence-corrected chi connectivity index (χ3v) is 5.83. The third-order valence-electron chi connectivity index (χ3n) is 4.26. The molecule has 5 heteroatoms. The van der Waals surface area contributed by atoms with E-state index in [1.807, 2.05) is 16.4 Å². The summed E-state index contributed by atoms with van der Waals surface area (Å²) < 4.78 is 2.04. The maximum absolute atomic E-state index is 6.45. The molecule has 0 aliphatic heterocycles. The Bertz CT molecular complexity index is 425. The van der Waals surface area contributed by atoms with Gasteiger partial charge in [0.25, 0.3) is 0 Å². The summed E-state index contributed by atoms with van der Waals surface area (Å²) in [5.74, 6) is 0. The van der Waals surface area contributed by atoms with Crippen LogP contribution in [0.2, 0.25) is 5.02 Å². The quantitative estimate of drug-likeness (QED) is 0.864. The molecule has 0 saturated heterocycles. The van der Waals surface area contributed by atoms with Gasteiger partial charge in [-0.05, 0) is 45.3 Å². The van der Waals surface area contributed by atoms with Crippen molar-refractivity contribution < 1.29 is 0 Å². The molecule has 0 spiro atoms. The molecule has 0 unspecified atom stereocenters. The number of nitrogens with one attached hydrogen (secondary N) is 1. The Morgan fingerprint density at radius 1 is 1.30 bits per heavy atom. The highest BCUT2D eigenvalue weighted by atomic mass is 35.5. The number of aromatic nitrogens is 2. The number of rotatable bonds is 6. The van der Waals surface area contributed by atoms with E-state index in [-0.39, 0.29) is 0 Å². The lowest BCUT2D eigenvalue weighted by Crippen LogP contribution is -2.34. The Morgan fingerprint density at radius 2 is 2.00 bits per heavy atom. The summed E-state index contributed by atoms with van der Waals surface area (Å²) in [4.78, 5) is 0. The number of hydrogen-bond donors (Lipinski definition) is 1. The zero-order valence-electron chi connectivity index (χ0n) is 12.8. The number of aryl methyl sites for hydroxylation is 2. The molecule has 114 valence electrons. The van der Waals surface area contributed by atoms with Crippen molar-refractivity contribution in [2.75, 3.05) is 6.26 Å². The van der Waals surface area contributed by atoms with E-state index in [1.54, 1.807) is 0 Å². The van der Waals surface area contributed by atoms with Crippen LogP contribution in [-0.4, -0.2) is 27.3 Å². The minimum absolute atomic E-state index is 0.639. The smallest absolute Gasteiger partial charge is 0.0863 e. The zero-order valence-corrected chi connectivity index (χ0v) is 14.4. The maximum atomic E-state index is 6.45. The first-order valence-electron chi connectivity index (χ1n) is 7.69. The van der Waals surface area contributed by atoms with Crippen LogP contribution in [0.25, 0.3) is 0 Å². The van der Waals surface area contributed by atoms with Crippen molar-refractivity contribution in [1.29, 1.82) is 0 Å². The lowest BCUT2D eigenvalue weighted by molar-refractivity contribution is 0.373. The molecule has 0 atom stereocenters. The van der Waals surface area contributed by atoms with Crippen LogP contribution in [0.5, 0.6) is 0 Å². The molecule has 1 saturated carbocycles. The van der Waals surface area contributed by atoms with Gasteiger partial charge < -0.3 is 5.32 Å². The Labute approximate surface area is 131 Å². The van der Waals surface area contributed by atoms with E-state index in [2.05, 4.69) is 30.5 Å². The van der Waals surface area contributed by atoms with E-state index < -0.39 is 0 Å². The molecule has 1 aliphatic carbocycles. The van der Waals surface area contributed by atoms with E-state index in [9.17, 15) is 0 Å². The predicted octanol–water partition coefficient (Wildman–Crippen LogP) is 3.88. The highest BCUT2D eigenvalue weighted by Crippen LogP contribution is 2.27. The first kappa shape index (κ1) is 16.2. The molecule has 0 aromatic carbocycles. The fourth-order valence-electron chi connectivity index (χ4n) is 2.93. The summed E-state index contributed by atoms with van der Waals surface area (Å²) in [6.45, 7) is 5.95. The lowest BCUT2D eigenvalue weighted by Gasteiger charge is -2.28. The molecule has 1 fully saturated rings. The van der Waals surface area contributed by atoms with Gasteiger partial charge in [-0.1, -0.05) is 18.5 Å². The number of nitrogens with zero attached hydrogens (tertiary/aromatic N) is 2. The number of hydrogen-bond acceptors (Lipinski definition) is 3. The third kappa shape index (κ3) is 3.71. The van der Waals surface area contributed by atoms with Crippen LogP contribution in [0, 0.1) is 0 Å². The molecular formula is C15H26ClN3S. The van der Waals surface area contributed by atoms with E-state index in [0.717, 1.165) is 41.2 Å². The van der Waals surface area contributed by atoms with Crippen molar-refractivity contribution in [3.05, 3.63) is 16.4 Å². The Hall–Kier alpha value is -0.190. The molecular weight excluding hydrogens is 290 g/mol. The maximum Gasteiger partial charge on any atom is 0.0863 e. The van der Waals surface area contributed by atoms with Gasteiger partial charge in [0.1, 0.15) is 0 Å². The highest BCUT2D eigenvalue weighted by molar-refractivity contribution is 7.99. The SMILES string of the molecule is CCc1nn(CC)c(CNC2CCC(SC)CC2)c1Cl. The zero-order chi connectivity index (χ0) is 14.5. The van der Waals surface area contributed by atoms with Crippen LogP contribution in [0.4, 0.5) is 0 Å². The average molecular weight is 316 g/mol. The first-order chi connectivity index (χ1) is 9.69. The number of thioether (sulfide) groups is 1. The second-order valence-corrected chi connectivity index (χ2v) is 6.98. The van der Waals surface area contributed by atoms with Crippen LogP contribution < -0.4 is 5.32 Å². The molecule has 1 aliphatic rings. The van der Waals surface area contributed by atoms with Crippen molar-refractivity contribution in [2.45, 2.75) is 70.3 Å². The molecule has 1 heterocycles. The Morgan fingerprint density at radius 3 is 2.55 bits per heavy atom. The van der Waals surface area contributed by atoms with Crippen LogP contribution in [0.3, 0.4) is 0 Å². The molecule has 3 nitrogen and oxygen atoms in total. The van der Waals surface area contributed by atoms with Crippen LogP contribution in [0.15, 0.2) is 0 Å². The molecule has 1 aromatic heterocycles. The van der Waals surface area contributed by atoms with Crippen molar-refractivity contribution in [2.24, 2.45) is 0 Å². The van der Waals surface area contributed by atoms with Gasteiger partial charge in [0, 0.05) is 24.4 Å². The summed E-state index contributed by atoms with van der Waals surface area (Å²) in [7, 11) is 0. The van der Waals surface area contributed by atoms with Crippen molar-refractivity contribution in [3.8, 4) is 0 Å². The van der Waals surface area contributed by atoms with Gasteiger partial charge in [0.15, 0.2) is 0 Å². The molecule has 2 rings (SSSR count). The van der Waals surface area contributed by atoms with Crippen molar-refractivity contribution >= 4 is 23.4 Å². The van der Waals surface area contributed by atoms with Gasteiger partial charge in [0.05, 0.1) is 16.4 Å². The molecule has 20 heavy (non-hydrogen) atoms. The summed E-state index contributed by atoms with van der Waals surface area (Å²) >= 11 is 8.46. The lowest BCUT2D eigenvalue weighted by atomic mass is 9.95. The van der Waals surface area contributed by atoms with E-state index in [1.165, 1.54) is 25.7 Å². The van der Waals surface area contributed by atoms with E-state index in [4.69, 9.17) is 11.6 Å². The number of halogens is 1. The largest absolute Gasteiger partial charge is 0.308 e. The van der Waals surface area contributed by atoms with Gasteiger partial charge in [-0.2, -0.15) is 16.9 Å². The average Bonchev–Trinajstić information content (AvgIpc) is 2.81.